The number of carboxylic acids is 1. The summed E-state index contributed by atoms with van der Waals surface area (Å²) in [4.78, 5) is 26.4. The van der Waals surface area contributed by atoms with E-state index in [1.54, 1.807) is 6.07 Å². The van der Waals surface area contributed by atoms with Crippen LogP contribution >= 0.6 is 11.6 Å². The minimum absolute atomic E-state index is 0.144. The molecule has 0 atom stereocenters. The van der Waals surface area contributed by atoms with Gasteiger partial charge in [-0.25, -0.2) is 4.98 Å². The molecule has 0 saturated heterocycles. The molecule has 90 valence electrons. The number of aliphatic carboxylic acids is 1. The Morgan fingerprint density at radius 1 is 1.47 bits per heavy atom. The summed E-state index contributed by atoms with van der Waals surface area (Å²) in [6, 6.07) is 3.06. The molecule has 1 aliphatic rings. The Morgan fingerprint density at radius 3 is 2.65 bits per heavy atom. The quantitative estimate of drug-likeness (QED) is 0.850. The lowest BCUT2D eigenvalue weighted by Gasteiger charge is -2.10. The predicted octanol–water partition coefficient (Wildman–Crippen LogP) is 1.33. The van der Waals surface area contributed by atoms with Gasteiger partial charge in [0, 0.05) is 12.7 Å². The molecule has 1 fully saturated rings. The van der Waals surface area contributed by atoms with Gasteiger partial charge < -0.3 is 10.4 Å². The fourth-order valence-corrected chi connectivity index (χ4v) is 1.58. The van der Waals surface area contributed by atoms with Crippen LogP contribution in [-0.2, 0) is 4.79 Å². The highest BCUT2D eigenvalue weighted by molar-refractivity contribution is 6.30. The monoisotopic (exact) mass is 254 g/mol. The number of aromatic nitrogens is 1. The number of amides is 1. The van der Waals surface area contributed by atoms with Crippen molar-refractivity contribution in [3.63, 3.8) is 0 Å². The summed E-state index contributed by atoms with van der Waals surface area (Å²) >= 11 is 5.65. The highest BCUT2D eigenvalue weighted by Gasteiger charge is 2.50. The zero-order valence-corrected chi connectivity index (χ0v) is 9.70. The number of carboxylic acid groups (broad SMARTS) is 1. The van der Waals surface area contributed by atoms with Gasteiger partial charge in [-0.15, -0.1) is 0 Å². The third kappa shape index (κ3) is 2.55. The van der Waals surface area contributed by atoms with Crippen LogP contribution in [0.15, 0.2) is 18.3 Å². The van der Waals surface area contributed by atoms with E-state index in [2.05, 4.69) is 10.3 Å². The average molecular weight is 255 g/mol. The zero-order valence-electron chi connectivity index (χ0n) is 8.94. The van der Waals surface area contributed by atoms with Crippen molar-refractivity contribution in [2.75, 3.05) is 6.54 Å². The number of rotatable bonds is 4. The van der Waals surface area contributed by atoms with Gasteiger partial charge in [-0.3, -0.25) is 9.59 Å². The topological polar surface area (TPSA) is 79.3 Å². The highest BCUT2D eigenvalue weighted by Crippen LogP contribution is 2.45. The van der Waals surface area contributed by atoms with Crippen molar-refractivity contribution in [3.8, 4) is 0 Å². The molecule has 2 N–H and O–H groups in total. The standard InChI is InChI=1S/C11H11ClN2O3/c12-7-1-2-8(13-5-7)9(15)14-6-11(3-4-11)10(16)17/h1-2,5H,3-4,6H2,(H,14,15)(H,16,17). The molecule has 1 amide bonds. The Labute approximate surface area is 103 Å². The van der Waals surface area contributed by atoms with E-state index >= 15 is 0 Å². The number of nitrogens with one attached hydrogen (secondary N) is 1. The summed E-state index contributed by atoms with van der Waals surface area (Å²) in [5.74, 6) is -1.24. The number of pyridine rings is 1. The van der Waals surface area contributed by atoms with Gasteiger partial charge in [-0.05, 0) is 25.0 Å². The van der Waals surface area contributed by atoms with Crippen molar-refractivity contribution in [3.05, 3.63) is 29.0 Å². The molecular weight excluding hydrogens is 244 g/mol. The second kappa shape index (κ2) is 4.33. The van der Waals surface area contributed by atoms with Gasteiger partial charge in [0.05, 0.1) is 10.4 Å². The van der Waals surface area contributed by atoms with Gasteiger partial charge in [-0.2, -0.15) is 0 Å². The summed E-state index contributed by atoms with van der Waals surface area (Å²) in [7, 11) is 0. The fraction of sp³-hybridized carbons (Fsp3) is 0.364. The van der Waals surface area contributed by atoms with Crippen LogP contribution in [0.2, 0.25) is 5.02 Å². The molecule has 0 aromatic carbocycles. The van der Waals surface area contributed by atoms with Crippen LogP contribution < -0.4 is 5.32 Å². The molecule has 1 aromatic rings. The number of carbonyl (C=O) groups is 2. The van der Waals surface area contributed by atoms with Gasteiger partial charge in [0.25, 0.3) is 5.91 Å². The summed E-state index contributed by atoms with van der Waals surface area (Å²) < 4.78 is 0. The van der Waals surface area contributed by atoms with Gasteiger partial charge >= 0.3 is 5.97 Å². The van der Waals surface area contributed by atoms with Gasteiger partial charge in [0.15, 0.2) is 0 Å². The van der Waals surface area contributed by atoms with Crippen LogP contribution in [0.5, 0.6) is 0 Å². The van der Waals surface area contributed by atoms with Crippen molar-refractivity contribution < 1.29 is 14.7 Å². The van der Waals surface area contributed by atoms with E-state index in [0.717, 1.165) is 0 Å². The molecular formula is C11H11ClN2O3. The lowest BCUT2D eigenvalue weighted by molar-refractivity contribution is -0.143. The molecule has 5 nitrogen and oxygen atoms in total. The summed E-state index contributed by atoms with van der Waals surface area (Å²) in [6.07, 6.45) is 2.59. The average Bonchev–Trinajstić information content (AvgIpc) is 3.08. The smallest absolute Gasteiger partial charge is 0.311 e. The number of halogens is 1. The van der Waals surface area contributed by atoms with E-state index in [4.69, 9.17) is 16.7 Å². The molecule has 0 radical (unpaired) electrons. The number of carbonyl (C=O) groups excluding carboxylic acids is 1. The molecule has 1 aliphatic carbocycles. The summed E-state index contributed by atoms with van der Waals surface area (Å²) in [5, 5.41) is 12.0. The minimum atomic E-state index is -0.859. The molecule has 1 heterocycles. The molecule has 2 rings (SSSR count). The molecule has 0 unspecified atom stereocenters. The van der Waals surface area contributed by atoms with E-state index in [-0.39, 0.29) is 18.1 Å². The van der Waals surface area contributed by atoms with E-state index in [9.17, 15) is 9.59 Å². The number of hydrogen-bond acceptors (Lipinski definition) is 3. The maximum absolute atomic E-state index is 11.6. The Bertz CT molecular complexity index is 454. The SMILES string of the molecule is O=C(NCC1(C(=O)O)CC1)c1ccc(Cl)cn1. The minimum Gasteiger partial charge on any atom is -0.481 e. The van der Waals surface area contributed by atoms with E-state index in [0.29, 0.717) is 17.9 Å². The first kappa shape index (κ1) is 11.9. The second-order valence-corrected chi connectivity index (χ2v) is 4.57. The van der Waals surface area contributed by atoms with Crippen molar-refractivity contribution in [1.82, 2.24) is 10.3 Å². The normalized spacial score (nSPS) is 16.3. The lowest BCUT2D eigenvalue weighted by Crippen LogP contribution is -2.34. The van der Waals surface area contributed by atoms with Crippen molar-refractivity contribution in [2.24, 2.45) is 5.41 Å². The third-order valence-corrected chi connectivity index (χ3v) is 3.08. The third-order valence-electron chi connectivity index (χ3n) is 2.85. The van der Waals surface area contributed by atoms with E-state index < -0.39 is 11.4 Å². The molecule has 0 aliphatic heterocycles. The fourth-order valence-electron chi connectivity index (χ4n) is 1.47. The molecule has 17 heavy (non-hydrogen) atoms. The number of nitrogens with zero attached hydrogens (tertiary/aromatic N) is 1. The van der Waals surface area contributed by atoms with Crippen LogP contribution in [0.1, 0.15) is 23.3 Å². The Balaban J connectivity index is 1.94. The molecule has 1 saturated carbocycles. The van der Waals surface area contributed by atoms with Gasteiger partial charge in [0.2, 0.25) is 0 Å². The van der Waals surface area contributed by atoms with E-state index in [1.807, 2.05) is 0 Å². The molecule has 0 spiro atoms. The number of hydrogen-bond donors (Lipinski definition) is 2. The summed E-state index contributed by atoms with van der Waals surface area (Å²) in [6.45, 7) is 0.144. The van der Waals surface area contributed by atoms with Crippen LogP contribution in [0.4, 0.5) is 0 Å². The molecule has 1 aromatic heterocycles. The van der Waals surface area contributed by atoms with Crippen molar-refractivity contribution in [2.45, 2.75) is 12.8 Å². The lowest BCUT2D eigenvalue weighted by atomic mass is 10.1. The largest absolute Gasteiger partial charge is 0.481 e. The van der Waals surface area contributed by atoms with Gasteiger partial charge in [-0.1, -0.05) is 11.6 Å². The van der Waals surface area contributed by atoms with Crippen LogP contribution in [0.25, 0.3) is 0 Å². The van der Waals surface area contributed by atoms with Crippen LogP contribution in [0, 0.1) is 5.41 Å². The van der Waals surface area contributed by atoms with Crippen molar-refractivity contribution in [1.29, 1.82) is 0 Å². The first-order valence-electron chi connectivity index (χ1n) is 5.17. The molecule has 6 heteroatoms. The summed E-state index contributed by atoms with van der Waals surface area (Å²) in [5.41, 5.74) is -0.530. The highest BCUT2D eigenvalue weighted by atomic mass is 35.5. The Morgan fingerprint density at radius 2 is 2.18 bits per heavy atom. The zero-order chi connectivity index (χ0) is 12.5. The first-order chi connectivity index (χ1) is 8.03. The van der Waals surface area contributed by atoms with Crippen LogP contribution in [0.3, 0.4) is 0 Å². The van der Waals surface area contributed by atoms with Crippen molar-refractivity contribution >= 4 is 23.5 Å². The van der Waals surface area contributed by atoms with Gasteiger partial charge in [0.1, 0.15) is 5.69 Å². The first-order valence-corrected chi connectivity index (χ1v) is 5.54. The van der Waals surface area contributed by atoms with Crippen LogP contribution in [-0.4, -0.2) is 28.5 Å². The second-order valence-electron chi connectivity index (χ2n) is 4.13. The Hall–Kier alpha value is -1.62. The maximum Gasteiger partial charge on any atom is 0.311 e. The predicted molar refractivity (Wildman–Crippen MR) is 60.9 cm³/mol. The van der Waals surface area contributed by atoms with E-state index in [1.165, 1.54) is 12.3 Å². The Kier molecular flexibility index (Phi) is 3.02. The molecule has 0 bridgehead atoms. The maximum atomic E-state index is 11.6.